The van der Waals surface area contributed by atoms with Gasteiger partial charge in [0.25, 0.3) is 5.91 Å². The number of carbonyl (C=O) groups excluding carboxylic acids is 1. The van der Waals surface area contributed by atoms with Crippen molar-refractivity contribution in [2.75, 3.05) is 6.61 Å². The van der Waals surface area contributed by atoms with E-state index in [2.05, 4.69) is 26.2 Å². The van der Waals surface area contributed by atoms with Crippen LogP contribution >= 0.6 is 15.9 Å². The molecule has 1 aromatic rings. The van der Waals surface area contributed by atoms with E-state index in [0.29, 0.717) is 4.60 Å². The van der Waals surface area contributed by atoms with Gasteiger partial charge in [0, 0.05) is 11.8 Å². The van der Waals surface area contributed by atoms with Crippen molar-refractivity contribution in [3.8, 4) is 0 Å². The second kappa shape index (κ2) is 5.57. The van der Waals surface area contributed by atoms with Crippen molar-refractivity contribution in [1.82, 2.24) is 10.3 Å². The van der Waals surface area contributed by atoms with Crippen LogP contribution in [0.25, 0.3) is 0 Å². The van der Waals surface area contributed by atoms with Gasteiger partial charge in [-0.15, -0.1) is 0 Å². The Morgan fingerprint density at radius 1 is 1.56 bits per heavy atom. The normalized spacial score (nSPS) is 11.9. The first kappa shape index (κ1) is 12.6. The highest BCUT2D eigenvalue weighted by molar-refractivity contribution is 9.10. The highest BCUT2D eigenvalue weighted by Crippen LogP contribution is 2.07. The van der Waals surface area contributed by atoms with Crippen molar-refractivity contribution in [3.63, 3.8) is 0 Å². The summed E-state index contributed by atoms with van der Waals surface area (Å²) in [6.07, 6.45) is 1.41. The molecule has 0 spiro atoms. The van der Waals surface area contributed by atoms with Crippen molar-refractivity contribution in [2.45, 2.75) is 6.04 Å². The van der Waals surface area contributed by atoms with Gasteiger partial charge >= 0.3 is 5.97 Å². The molecule has 0 saturated heterocycles. The number of hydrogen-bond acceptors (Lipinski definition) is 4. The Hall–Kier alpha value is -1.47. The molecular formula is C9H9BrN2O4. The Bertz CT molecular complexity index is 410. The molecule has 1 rings (SSSR count). The van der Waals surface area contributed by atoms with Crippen LogP contribution in [0.1, 0.15) is 10.4 Å². The van der Waals surface area contributed by atoms with E-state index in [1.165, 1.54) is 18.3 Å². The van der Waals surface area contributed by atoms with Gasteiger partial charge in [0.15, 0.2) is 6.04 Å². The molecule has 7 heteroatoms. The first-order chi connectivity index (χ1) is 7.54. The molecule has 0 aliphatic carbocycles. The number of nitrogens with zero attached hydrogens (tertiary/aromatic N) is 1. The van der Waals surface area contributed by atoms with E-state index < -0.39 is 24.5 Å². The molecule has 1 heterocycles. The van der Waals surface area contributed by atoms with E-state index in [4.69, 9.17) is 10.2 Å². The van der Waals surface area contributed by atoms with Crippen molar-refractivity contribution in [1.29, 1.82) is 0 Å². The molecule has 6 nitrogen and oxygen atoms in total. The van der Waals surface area contributed by atoms with Crippen LogP contribution in [0.2, 0.25) is 0 Å². The van der Waals surface area contributed by atoms with E-state index in [1.54, 1.807) is 0 Å². The van der Waals surface area contributed by atoms with Crippen LogP contribution in [0.4, 0.5) is 0 Å². The monoisotopic (exact) mass is 288 g/mol. The number of aromatic nitrogens is 1. The molecule has 1 atom stereocenters. The van der Waals surface area contributed by atoms with E-state index in [1.807, 2.05) is 0 Å². The lowest BCUT2D eigenvalue weighted by Crippen LogP contribution is -2.43. The minimum absolute atomic E-state index is 0.265. The summed E-state index contributed by atoms with van der Waals surface area (Å²) >= 11 is 3.09. The number of aliphatic carboxylic acids is 1. The largest absolute Gasteiger partial charge is 0.480 e. The number of nitrogens with one attached hydrogen (secondary N) is 1. The third kappa shape index (κ3) is 3.28. The Labute approximate surface area is 99.4 Å². The summed E-state index contributed by atoms with van der Waals surface area (Å²) in [6.45, 7) is -0.659. The molecule has 1 aromatic heterocycles. The smallest absolute Gasteiger partial charge is 0.328 e. The average molecular weight is 289 g/mol. The van der Waals surface area contributed by atoms with Crippen molar-refractivity contribution in [2.24, 2.45) is 0 Å². The number of aliphatic hydroxyl groups excluding tert-OH is 1. The van der Waals surface area contributed by atoms with Gasteiger partial charge in [0.2, 0.25) is 0 Å². The van der Waals surface area contributed by atoms with Crippen LogP contribution in [0.15, 0.2) is 22.9 Å². The van der Waals surface area contributed by atoms with Crippen LogP contribution in [0.5, 0.6) is 0 Å². The number of carboxylic acids is 1. The number of carbonyl (C=O) groups is 2. The molecule has 1 amide bonds. The van der Waals surface area contributed by atoms with Crippen molar-refractivity contribution < 1.29 is 19.8 Å². The SMILES string of the molecule is O=C(N[C@H](CO)C(=O)O)c1ccnc(Br)c1. The van der Waals surface area contributed by atoms with Gasteiger partial charge in [-0.05, 0) is 28.1 Å². The fourth-order valence-electron chi connectivity index (χ4n) is 0.971. The lowest BCUT2D eigenvalue weighted by Gasteiger charge is -2.11. The van der Waals surface area contributed by atoms with Crippen LogP contribution < -0.4 is 5.32 Å². The van der Waals surface area contributed by atoms with E-state index in [9.17, 15) is 9.59 Å². The molecular weight excluding hydrogens is 280 g/mol. The Kier molecular flexibility index (Phi) is 4.39. The molecule has 16 heavy (non-hydrogen) atoms. The number of aliphatic hydroxyl groups is 1. The highest BCUT2D eigenvalue weighted by atomic mass is 79.9. The topological polar surface area (TPSA) is 99.5 Å². The number of rotatable bonds is 4. The maximum atomic E-state index is 11.5. The first-order valence-electron chi connectivity index (χ1n) is 4.30. The summed E-state index contributed by atoms with van der Waals surface area (Å²) in [6, 6.07) is 1.58. The quantitative estimate of drug-likeness (QED) is 0.679. The Morgan fingerprint density at radius 2 is 2.25 bits per heavy atom. The predicted molar refractivity (Wildman–Crippen MR) is 57.9 cm³/mol. The van der Waals surface area contributed by atoms with Crippen LogP contribution in [0.3, 0.4) is 0 Å². The third-order valence-electron chi connectivity index (χ3n) is 1.77. The average Bonchev–Trinajstić information content (AvgIpc) is 2.25. The summed E-state index contributed by atoms with van der Waals surface area (Å²) < 4.78 is 0.469. The number of pyridine rings is 1. The standard InChI is InChI=1S/C9H9BrN2O4/c10-7-3-5(1-2-11-7)8(14)12-6(4-13)9(15)16/h1-3,6,13H,4H2,(H,12,14)(H,15,16)/t6-/m1/s1. The summed E-state index contributed by atoms with van der Waals surface area (Å²) in [5.41, 5.74) is 0.265. The summed E-state index contributed by atoms with van der Waals surface area (Å²) in [5, 5.41) is 19.5. The van der Waals surface area contributed by atoms with Gasteiger partial charge < -0.3 is 15.5 Å². The zero-order valence-corrected chi connectivity index (χ0v) is 9.64. The van der Waals surface area contributed by atoms with Crippen molar-refractivity contribution in [3.05, 3.63) is 28.5 Å². The van der Waals surface area contributed by atoms with Crippen LogP contribution in [0, 0.1) is 0 Å². The summed E-state index contributed by atoms with van der Waals surface area (Å²) in [7, 11) is 0. The van der Waals surface area contributed by atoms with Gasteiger partial charge in [-0.2, -0.15) is 0 Å². The fraction of sp³-hybridized carbons (Fsp3) is 0.222. The number of halogens is 1. The molecule has 3 N–H and O–H groups in total. The molecule has 0 aliphatic heterocycles. The zero-order chi connectivity index (χ0) is 12.1. The second-order valence-corrected chi connectivity index (χ2v) is 3.73. The third-order valence-corrected chi connectivity index (χ3v) is 2.21. The highest BCUT2D eigenvalue weighted by Gasteiger charge is 2.19. The van der Waals surface area contributed by atoms with E-state index in [0.717, 1.165) is 0 Å². The second-order valence-electron chi connectivity index (χ2n) is 2.91. The number of amides is 1. The van der Waals surface area contributed by atoms with Gasteiger partial charge in [0.1, 0.15) is 4.60 Å². The Morgan fingerprint density at radius 3 is 2.75 bits per heavy atom. The lowest BCUT2D eigenvalue weighted by molar-refractivity contribution is -0.140. The Balaban J connectivity index is 2.75. The molecule has 0 fully saturated rings. The summed E-state index contributed by atoms with van der Waals surface area (Å²) in [4.78, 5) is 25.9. The molecule has 0 aliphatic rings. The molecule has 0 radical (unpaired) electrons. The van der Waals surface area contributed by atoms with Gasteiger partial charge in [-0.1, -0.05) is 0 Å². The molecule has 0 unspecified atom stereocenters. The van der Waals surface area contributed by atoms with Gasteiger partial charge in [-0.3, -0.25) is 4.79 Å². The van der Waals surface area contributed by atoms with E-state index in [-0.39, 0.29) is 5.56 Å². The summed E-state index contributed by atoms with van der Waals surface area (Å²) in [5.74, 6) is -1.87. The zero-order valence-electron chi connectivity index (χ0n) is 8.05. The minimum Gasteiger partial charge on any atom is -0.480 e. The predicted octanol–water partition coefficient (Wildman–Crippen LogP) is 0.0194. The van der Waals surface area contributed by atoms with Gasteiger partial charge in [0.05, 0.1) is 6.61 Å². The van der Waals surface area contributed by atoms with Crippen LogP contribution in [-0.2, 0) is 4.79 Å². The molecule has 0 bridgehead atoms. The van der Waals surface area contributed by atoms with Gasteiger partial charge in [-0.25, -0.2) is 9.78 Å². The fourth-order valence-corrected chi connectivity index (χ4v) is 1.34. The minimum atomic E-state index is -1.31. The maximum Gasteiger partial charge on any atom is 0.328 e. The van der Waals surface area contributed by atoms with Crippen LogP contribution in [-0.4, -0.2) is 39.7 Å². The number of hydrogen-bond donors (Lipinski definition) is 3. The first-order valence-corrected chi connectivity index (χ1v) is 5.10. The maximum absolute atomic E-state index is 11.5. The molecule has 86 valence electrons. The van der Waals surface area contributed by atoms with Crippen molar-refractivity contribution >= 4 is 27.8 Å². The van der Waals surface area contributed by atoms with E-state index >= 15 is 0 Å². The lowest BCUT2D eigenvalue weighted by atomic mass is 10.2. The molecule has 0 saturated carbocycles. The number of carboxylic acid groups (broad SMARTS) is 1. The molecule has 0 aromatic carbocycles.